The van der Waals surface area contributed by atoms with Crippen LogP contribution in [-0.2, 0) is 22.3 Å². The van der Waals surface area contributed by atoms with Crippen molar-refractivity contribution in [1.82, 2.24) is 9.78 Å². The fourth-order valence-electron chi connectivity index (χ4n) is 2.97. The number of aromatic nitrogens is 2. The van der Waals surface area contributed by atoms with Crippen LogP contribution in [0.1, 0.15) is 32.9 Å². The molecule has 1 aliphatic rings. The van der Waals surface area contributed by atoms with E-state index in [-0.39, 0.29) is 11.7 Å². The van der Waals surface area contributed by atoms with Gasteiger partial charge in [-0.25, -0.2) is 4.68 Å². The Morgan fingerprint density at radius 3 is 2.84 bits per heavy atom. The molecule has 1 amide bonds. The minimum atomic E-state index is -0.975. The van der Waals surface area contributed by atoms with Crippen molar-refractivity contribution in [3.05, 3.63) is 64.7 Å². The number of anilines is 1. The fraction of sp³-hybridized carbons (Fsp3) is 0.222. The number of carbonyl (C=O) groups is 1. The minimum absolute atomic E-state index is 0.224. The van der Waals surface area contributed by atoms with E-state index in [2.05, 4.69) is 10.4 Å². The van der Waals surface area contributed by atoms with Gasteiger partial charge in [0.25, 0.3) is 5.91 Å². The average molecular weight is 355 g/mol. The molecule has 25 heavy (non-hydrogen) atoms. The van der Waals surface area contributed by atoms with Crippen molar-refractivity contribution in [3.8, 4) is 5.69 Å². The molecule has 6 nitrogen and oxygen atoms in total. The Morgan fingerprint density at radius 2 is 2.08 bits per heavy atom. The van der Waals surface area contributed by atoms with Crippen LogP contribution in [0.5, 0.6) is 0 Å². The standard InChI is InChI=1S/C18H17N3O3S/c1-11-5-3-6-15(12(11)2)21-17(13-9-25(23)10-14(13)20-21)19-18(22)16-7-4-8-24-16/h3-8H,9-10H2,1-2H3,(H,19,22)/t25-/m1/s1. The van der Waals surface area contributed by atoms with Gasteiger partial charge in [-0.2, -0.15) is 5.10 Å². The molecule has 128 valence electrons. The summed E-state index contributed by atoms with van der Waals surface area (Å²) in [7, 11) is -0.975. The molecule has 1 atom stereocenters. The second-order valence-electron chi connectivity index (χ2n) is 6.06. The number of rotatable bonds is 3. The van der Waals surface area contributed by atoms with Crippen LogP contribution >= 0.6 is 0 Å². The molecule has 0 spiro atoms. The van der Waals surface area contributed by atoms with Crippen LogP contribution in [0.15, 0.2) is 41.0 Å². The lowest BCUT2D eigenvalue weighted by Crippen LogP contribution is -2.16. The summed E-state index contributed by atoms with van der Waals surface area (Å²) >= 11 is 0. The monoisotopic (exact) mass is 355 g/mol. The number of benzene rings is 1. The highest BCUT2D eigenvalue weighted by Gasteiger charge is 2.29. The Labute approximate surface area is 147 Å². The third-order valence-corrected chi connectivity index (χ3v) is 5.66. The van der Waals surface area contributed by atoms with Gasteiger partial charge in [-0.05, 0) is 43.2 Å². The number of nitrogens with zero attached hydrogens (tertiary/aromatic N) is 2. The molecule has 0 saturated carbocycles. The van der Waals surface area contributed by atoms with E-state index in [1.807, 2.05) is 32.0 Å². The van der Waals surface area contributed by atoms with Gasteiger partial charge in [-0.15, -0.1) is 0 Å². The van der Waals surface area contributed by atoms with Crippen molar-refractivity contribution in [2.75, 3.05) is 5.32 Å². The lowest BCUT2D eigenvalue weighted by molar-refractivity contribution is 0.0996. The molecule has 3 heterocycles. The number of fused-ring (bicyclic) bond motifs is 1. The lowest BCUT2D eigenvalue weighted by Gasteiger charge is -2.13. The van der Waals surface area contributed by atoms with Gasteiger partial charge < -0.3 is 9.73 Å². The summed E-state index contributed by atoms with van der Waals surface area (Å²) in [5.74, 6) is 1.25. The van der Waals surface area contributed by atoms with Gasteiger partial charge in [-0.1, -0.05) is 12.1 Å². The lowest BCUT2D eigenvalue weighted by atomic mass is 10.1. The summed E-state index contributed by atoms with van der Waals surface area (Å²) in [6.07, 6.45) is 1.45. The number of hydrogen-bond donors (Lipinski definition) is 1. The van der Waals surface area contributed by atoms with Crippen molar-refractivity contribution in [3.63, 3.8) is 0 Å². The van der Waals surface area contributed by atoms with Crippen molar-refractivity contribution in [1.29, 1.82) is 0 Å². The van der Waals surface area contributed by atoms with Crippen LogP contribution in [0, 0.1) is 13.8 Å². The smallest absolute Gasteiger partial charge is 0.292 e. The Hall–Kier alpha value is -2.67. The number of furan rings is 1. The Bertz CT molecular complexity index is 989. The van der Waals surface area contributed by atoms with Crippen LogP contribution in [0.4, 0.5) is 5.82 Å². The number of hydrogen-bond acceptors (Lipinski definition) is 4. The molecule has 0 fully saturated rings. The molecule has 1 aromatic carbocycles. The summed E-state index contributed by atoms with van der Waals surface area (Å²) in [5, 5.41) is 7.52. The summed E-state index contributed by atoms with van der Waals surface area (Å²) in [6.45, 7) is 4.06. The maximum absolute atomic E-state index is 12.5. The third-order valence-electron chi connectivity index (χ3n) is 4.45. The average Bonchev–Trinajstić information content (AvgIpc) is 3.28. The topological polar surface area (TPSA) is 77.1 Å². The normalized spacial score (nSPS) is 16.0. The molecular formula is C18H17N3O3S. The van der Waals surface area contributed by atoms with Crippen LogP contribution in [0.2, 0.25) is 0 Å². The van der Waals surface area contributed by atoms with Crippen molar-refractivity contribution in [2.24, 2.45) is 0 Å². The van der Waals surface area contributed by atoms with Crippen LogP contribution in [0.3, 0.4) is 0 Å². The first-order valence-corrected chi connectivity index (χ1v) is 9.40. The molecule has 1 N–H and O–H groups in total. The molecule has 7 heteroatoms. The van der Waals surface area contributed by atoms with E-state index in [0.717, 1.165) is 28.1 Å². The van der Waals surface area contributed by atoms with Gasteiger partial charge in [0, 0.05) is 16.4 Å². The second kappa shape index (κ2) is 6.00. The summed E-state index contributed by atoms with van der Waals surface area (Å²) in [6, 6.07) is 9.22. The number of nitrogens with one attached hydrogen (secondary N) is 1. The first-order chi connectivity index (χ1) is 12.0. The highest BCUT2D eigenvalue weighted by molar-refractivity contribution is 7.83. The zero-order valence-electron chi connectivity index (χ0n) is 13.9. The molecule has 0 aliphatic carbocycles. The van der Waals surface area contributed by atoms with Crippen molar-refractivity contribution < 1.29 is 13.4 Å². The summed E-state index contributed by atoms with van der Waals surface area (Å²) < 4.78 is 18.8. The van der Waals surface area contributed by atoms with Gasteiger partial charge in [0.1, 0.15) is 5.82 Å². The van der Waals surface area contributed by atoms with Crippen LogP contribution < -0.4 is 5.32 Å². The van der Waals surface area contributed by atoms with Gasteiger partial charge in [-0.3, -0.25) is 9.00 Å². The van der Waals surface area contributed by atoms with Gasteiger partial charge in [0.05, 0.1) is 29.2 Å². The molecule has 2 aromatic heterocycles. The van der Waals surface area contributed by atoms with Gasteiger partial charge in [0.2, 0.25) is 0 Å². The first kappa shape index (κ1) is 15.8. The molecule has 0 unspecified atom stereocenters. The summed E-state index contributed by atoms with van der Waals surface area (Å²) in [4.78, 5) is 12.5. The van der Waals surface area contributed by atoms with E-state index in [4.69, 9.17) is 4.42 Å². The van der Waals surface area contributed by atoms with E-state index in [9.17, 15) is 9.00 Å². The highest BCUT2D eigenvalue weighted by Crippen LogP contribution is 2.32. The highest BCUT2D eigenvalue weighted by atomic mass is 32.2. The van der Waals surface area contributed by atoms with E-state index in [1.54, 1.807) is 16.8 Å². The van der Waals surface area contributed by atoms with E-state index >= 15 is 0 Å². The predicted molar refractivity (Wildman–Crippen MR) is 95.2 cm³/mol. The number of amides is 1. The maximum Gasteiger partial charge on any atom is 0.292 e. The summed E-state index contributed by atoms with van der Waals surface area (Å²) in [5.41, 5.74) is 4.72. The number of carbonyl (C=O) groups excluding carboxylic acids is 1. The molecule has 0 saturated heterocycles. The SMILES string of the molecule is Cc1cccc(-n2nc3c(c2NC(=O)c2ccco2)C[S@@](=O)C3)c1C. The van der Waals surface area contributed by atoms with Crippen LogP contribution in [0.25, 0.3) is 5.69 Å². The zero-order valence-corrected chi connectivity index (χ0v) is 14.7. The van der Waals surface area contributed by atoms with E-state index < -0.39 is 10.8 Å². The van der Waals surface area contributed by atoms with Crippen molar-refractivity contribution >= 4 is 22.5 Å². The third kappa shape index (κ3) is 2.70. The molecular weight excluding hydrogens is 338 g/mol. The Kier molecular flexibility index (Phi) is 3.80. The molecule has 0 bridgehead atoms. The Morgan fingerprint density at radius 1 is 1.24 bits per heavy atom. The van der Waals surface area contributed by atoms with E-state index in [0.29, 0.717) is 17.3 Å². The molecule has 1 aliphatic heterocycles. The maximum atomic E-state index is 12.5. The van der Waals surface area contributed by atoms with Crippen LogP contribution in [-0.4, -0.2) is 19.9 Å². The predicted octanol–water partition coefficient (Wildman–Crippen LogP) is 3.10. The van der Waals surface area contributed by atoms with Gasteiger partial charge in [0.15, 0.2) is 5.76 Å². The minimum Gasteiger partial charge on any atom is -0.459 e. The Balaban J connectivity index is 1.83. The van der Waals surface area contributed by atoms with E-state index in [1.165, 1.54) is 6.26 Å². The quantitative estimate of drug-likeness (QED) is 0.783. The largest absolute Gasteiger partial charge is 0.459 e. The first-order valence-electron chi connectivity index (χ1n) is 7.92. The molecule has 0 radical (unpaired) electrons. The molecule has 4 rings (SSSR count). The molecule has 3 aromatic rings. The van der Waals surface area contributed by atoms with Crippen molar-refractivity contribution in [2.45, 2.75) is 25.4 Å². The van der Waals surface area contributed by atoms with Gasteiger partial charge >= 0.3 is 0 Å². The zero-order chi connectivity index (χ0) is 17.6. The fourth-order valence-corrected chi connectivity index (χ4v) is 4.24. The second-order valence-corrected chi connectivity index (χ2v) is 7.52. The number of aryl methyl sites for hydroxylation is 1.